The van der Waals surface area contributed by atoms with Crippen LogP contribution in [0, 0.1) is 0 Å². The molecule has 2 aromatic carbocycles. The molecule has 0 aromatic heterocycles. The smallest absolute Gasteiger partial charge is 0.489 e. The zero-order chi connectivity index (χ0) is 21.7. The normalized spacial score (nSPS) is 13.6. The third kappa shape index (κ3) is 4.76. The van der Waals surface area contributed by atoms with E-state index in [9.17, 15) is 14.4 Å². The Labute approximate surface area is 182 Å². The zero-order valence-corrected chi connectivity index (χ0v) is 17.9. The maximum Gasteiger partial charge on any atom is 0.579 e. The molecule has 0 aliphatic carbocycles. The van der Waals surface area contributed by atoms with Gasteiger partial charge >= 0.3 is 5.97 Å². The molecule has 7 nitrogen and oxygen atoms in total. The highest BCUT2D eigenvalue weighted by Gasteiger charge is 2.37. The van der Waals surface area contributed by atoms with Crippen LogP contribution in [-0.4, -0.2) is 35.5 Å². The zero-order valence-electron chi connectivity index (χ0n) is 16.3. The van der Waals surface area contributed by atoms with Crippen LogP contribution in [0.15, 0.2) is 42.5 Å². The molecule has 0 saturated carbocycles. The topological polar surface area (TPSA) is 101 Å². The molecule has 0 bridgehead atoms. The van der Waals surface area contributed by atoms with Gasteiger partial charge in [0.1, 0.15) is 24.8 Å². The molecule has 0 saturated heterocycles. The number of fused-ring (bicyclic) bond motifs is 1. The number of carbonyl (C=O) groups is 3. The molecule has 2 N–H and O–H groups in total. The number of primary amides is 1. The maximum absolute atomic E-state index is 12.9. The van der Waals surface area contributed by atoms with Crippen molar-refractivity contribution in [1.82, 2.24) is 4.90 Å². The Morgan fingerprint density at radius 1 is 1.20 bits per heavy atom. The third-order valence-corrected chi connectivity index (χ3v) is 5.66. The van der Waals surface area contributed by atoms with Gasteiger partial charge in [0.25, 0.3) is 5.91 Å². The number of nitrogens with two attached hydrogens (primary N) is 1. The number of amides is 2. The van der Waals surface area contributed by atoms with E-state index in [-0.39, 0.29) is 25.3 Å². The van der Waals surface area contributed by atoms with Crippen molar-refractivity contribution in [2.45, 2.75) is 37.4 Å². The summed E-state index contributed by atoms with van der Waals surface area (Å²) in [6, 6.07) is 12.3. The number of rotatable bonds is 9. The SMILES string of the molecule is C=[O+]C(=O)CCC(C(N)=O)N1Cc2c(OCc3ccc(CBr)cc3)cccc2C1=O. The molecule has 156 valence electrons. The van der Waals surface area contributed by atoms with Crippen molar-refractivity contribution >= 4 is 40.5 Å². The van der Waals surface area contributed by atoms with Crippen LogP contribution in [0.2, 0.25) is 0 Å². The van der Waals surface area contributed by atoms with Crippen LogP contribution in [0.1, 0.15) is 39.9 Å². The fraction of sp³-hybridized carbons (Fsp3) is 0.273. The molecule has 2 aromatic rings. The first-order chi connectivity index (χ1) is 14.4. The summed E-state index contributed by atoms with van der Waals surface area (Å²) in [5.74, 6) is -0.986. The average Bonchev–Trinajstić information content (AvgIpc) is 3.09. The van der Waals surface area contributed by atoms with E-state index >= 15 is 0 Å². The number of ether oxygens (including phenoxy) is 1. The third-order valence-electron chi connectivity index (χ3n) is 5.01. The Bertz CT molecular complexity index is 974. The number of nitrogens with zero attached hydrogens (tertiary/aromatic N) is 1. The second kappa shape index (κ2) is 9.67. The number of benzene rings is 2. The van der Waals surface area contributed by atoms with Gasteiger partial charge in [-0.2, -0.15) is 0 Å². The Kier molecular flexibility index (Phi) is 6.99. The lowest BCUT2D eigenvalue weighted by atomic mass is 10.1. The first kappa shape index (κ1) is 21.7. The van der Waals surface area contributed by atoms with E-state index in [4.69, 9.17) is 10.5 Å². The van der Waals surface area contributed by atoms with Gasteiger partial charge in [0, 0.05) is 21.3 Å². The van der Waals surface area contributed by atoms with Crippen molar-refractivity contribution in [2.75, 3.05) is 0 Å². The average molecular weight is 474 g/mol. The van der Waals surface area contributed by atoms with Gasteiger partial charge in [-0.25, -0.2) is 0 Å². The molecular formula is C22H22BrN2O5+. The summed E-state index contributed by atoms with van der Waals surface area (Å²) in [6.45, 7) is 3.58. The number of alkyl halides is 1. The Hall–Kier alpha value is -3.00. The maximum atomic E-state index is 12.9. The predicted molar refractivity (Wildman–Crippen MR) is 114 cm³/mol. The molecular weight excluding hydrogens is 452 g/mol. The minimum atomic E-state index is -0.923. The fourth-order valence-electron chi connectivity index (χ4n) is 3.38. The van der Waals surface area contributed by atoms with Crippen LogP contribution in [0.4, 0.5) is 0 Å². The van der Waals surface area contributed by atoms with Crippen LogP contribution in [0.3, 0.4) is 0 Å². The van der Waals surface area contributed by atoms with Gasteiger partial charge < -0.3 is 15.4 Å². The summed E-state index contributed by atoms with van der Waals surface area (Å²) in [4.78, 5) is 37.6. The van der Waals surface area contributed by atoms with E-state index in [1.807, 2.05) is 24.3 Å². The van der Waals surface area contributed by atoms with Crippen molar-refractivity contribution in [1.29, 1.82) is 0 Å². The number of halogens is 1. The second-order valence-electron chi connectivity index (χ2n) is 6.93. The summed E-state index contributed by atoms with van der Waals surface area (Å²) in [5.41, 5.74) is 8.84. The van der Waals surface area contributed by atoms with Crippen molar-refractivity contribution in [2.24, 2.45) is 5.73 Å². The van der Waals surface area contributed by atoms with Gasteiger partial charge in [0.2, 0.25) is 5.91 Å². The molecule has 2 amide bonds. The Morgan fingerprint density at radius 2 is 1.90 bits per heavy atom. The van der Waals surface area contributed by atoms with Crippen LogP contribution in [0.5, 0.6) is 5.75 Å². The largest absolute Gasteiger partial charge is 0.579 e. The molecule has 1 aliphatic heterocycles. The van der Waals surface area contributed by atoms with Crippen molar-refractivity contribution in [3.05, 3.63) is 64.7 Å². The standard InChI is InChI=1S/C22H21BrN2O5/c1-29-20(26)10-9-18(21(24)27)25-12-17-16(22(25)28)3-2-4-19(17)30-13-15-7-5-14(11-23)6-8-15/h2-8,18H,1,9-13H2,(H-,24,27)/p+1. The molecule has 0 spiro atoms. The van der Waals surface area contributed by atoms with Crippen molar-refractivity contribution in [3.8, 4) is 5.75 Å². The summed E-state index contributed by atoms with van der Waals surface area (Å²) in [6.07, 6.45) is 0.00447. The monoisotopic (exact) mass is 473 g/mol. The highest BCUT2D eigenvalue weighted by atomic mass is 79.9. The molecule has 1 aliphatic rings. The van der Waals surface area contributed by atoms with E-state index in [0.717, 1.165) is 10.9 Å². The number of hydrogen-bond acceptors (Lipinski definition) is 4. The minimum absolute atomic E-state index is 0.0645. The lowest BCUT2D eigenvalue weighted by Gasteiger charge is -2.24. The van der Waals surface area contributed by atoms with Gasteiger partial charge in [0.15, 0.2) is 6.79 Å². The summed E-state index contributed by atoms with van der Waals surface area (Å²) in [7, 11) is 0. The highest BCUT2D eigenvalue weighted by Crippen LogP contribution is 2.33. The molecule has 30 heavy (non-hydrogen) atoms. The molecule has 1 heterocycles. The lowest BCUT2D eigenvalue weighted by Crippen LogP contribution is -2.45. The molecule has 1 unspecified atom stereocenters. The van der Waals surface area contributed by atoms with E-state index in [1.165, 1.54) is 10.5 Å². The van der Waals surface area contributed by atoms with Crippen LogP contribution < -0.4 is 10.5 Å². The van der Waals surface area contributed by atoms with Gasteiger partial charge in [0.05, 0.1) is 6.54 Å². The fourth-order valence-corrected chi connectivity index (χ4v) is 3.75. The van der Waals surface area contributed by atoms with Gasteiger partial charge in [-0.1, -0.05) is 46.3 Å². The summed E-state index contributed by atoms with van der Waals surface area (Å²) >= 11 is 3.42. The first-order valence-corrected chi connectivity index (χ1v) is 10.5. The Balaban J connectivity index is 1.75. The predicted octanol–water partition coefficient (Wildman–Crippen LogP) is 2.64. The van der Waals surface area contributed by atoms with E-state index in [0.29, 0.717) is 23.5 Å². The van der Waals surface area contributed by atoms with Gasteiger partial charge in [-0.15, -0.1) is 0 Å². The Morgan fingerprint density at radius 3 is 2.53 bits per heavy atom. The molecule has 1 atom stereocenters. The van der Waals surface area contributed by atoms with Gasteiger partial charge in [-0.05, 0) is 29.7 Å². The summed E-state index contributed by atoms with van der Waals surface area (Å²) in [5, 5.41) is 0.784. The van der Waals surface area contributed by atoms with Crippen molar-refractivity contribution in [3.63, 3.8) is 0 Å². The highest BCUT2D eigenvalue weighted by molar-refractivity contribution is 9.08. The van der Waals surface area contributed by atoms with Crippen LogP contribution in [0.25, 0.3) is 0 Å². The first-order valence-electron chi connectivity index (χ1n) is 9.38. The summed E-state index contributed by atoms with van der Waals surface area (Å²) < 4.78 is 10.3. The van der Waals surface area contributed by atoms with Gasteiger partial charge in [-0.3, -0.25) is 14.0 Å². The van der Waals surface area contributed by atoms with E-state index in [1.54, 1.807) is 18.2 Å². The van der Waals surface area contributed by atoms with Crippen LogP contribution >= 0.6 is 15.9 Å². The quantitative estimate of drug-likeness (QED) is 0.446. The molecule has 8 heteroatoms. The second-order valence-corrected chi connectivity index (χ2v) is 7.49. The number of carbonyl (C=O) groups excluding carboxylic acids is 4. The van der Waals surface area contributed by atoms with Crippen LogP contribution in [-0.2, 0) is 32.5 Å². The number of hydrogen-bond donors (Lipinski definition) is 1. The van der Waals surface area contributed by atoms with E-state index in [2.05, 4.69) is 27.1 Å². The van der Waals surface area contributed by atoms with E-state index < -0.39 is 17.9 Å². The lowest BCUT2D eigenvalue weighted by molar-refractivity contribution is -0.369. The molecule has 3 rings (SSSR count). The van der Waals surface area contributed by atoms with Crippen molar-refractivity contribution < 1.29 is 23.5 Å². The molecule has 0 fully saturated rings. The minimum Gasteiger partial charge on any atom is -0.489 e. The molecule has 0 radical (unpaired) electrons.